The van der Waals surface area contributed by atoms with Gasteiger partial charge in [0.25, 0.3) is 0 Å². The standard InChI is InChI=1S/C12H21N3O4/c1-7-5-15(6-9(7)11(17)19-4)8(2)10(16)14-12(18)13-3/h7-9H,5-6H2,1-4H3,(H2,13,14,16,18). The maximum Gasteiger partial charge on any atom is 0.321 e. The highest BCUT2D eigenvalue weighted by Crippen LogP contribution is 2.25. The van der Waals surface area contributed by atoms with Gasteiger partial charge in [0.2, 0.25) is 5.91 Å². The Hall–Kier alpha value is -1.63. The summed E-state index contributed by atoms with van der Waals surface area (Å²) in [5.74, 6) is -0.728. The third kappa shape index (κ3) is 3.66. The van der Waals surface area contributed by atoms with E-state index in [-0.39, 0.29) is 23.7 Å². The van der Waals surface area contributed by atoms with Crippen LogP contribution in [0.3, 0.4) is 0 Å². The molecule has 7 heteroatoms. The normalized spacial score (nSPS) is 24.6. The molecule has 3 atom stereocenters. The summed E-state index contributed by atoms with van der Waals surface area (Å²) in [6, 6.07) is -0.997. The van der Waals surface area contributed by atoms with Gasteiger partial charge in [-0.25, -0.2) is 4.79 Å². The van der Waals surface area contributed by atoms with Gasteiger partial charge in [0, 0.05) is 20.1 Å². The van der Waals surface area contributed by atoms with Crippen LogP contribution in [0.25, 0.3) is 0 Å². The second kappa shape index (κ2) is 6.51. The molecule has 0 spiro atoms. The molecule has 1 aliphatic heterocycles. The number of carbonyl (C=O) groups excluding carboxylic acids is 3. The number of amides is 3. The first-order chi connectivity index (χ1) is 8.90. The molecule has 0 aromatic heterocycles. The molecule has 1 fully saturated rings. The lowest BCUT2D eigenvalue weighted by Crippen LogP contribution is -2.48. The van der Waals surface area contributed by atoms with Crippen LogP contribution in [0.2, 0.25) is 0 Å². The van der Waals surface area contributed by atoms with Gasteiger partial charge in [-0.3, -0.25) is 19.8 Å². The van der Waals surface area contributed by atoms with Gasteiger partial charge in [-0.1, -0.05) is 6.92 Å². The molecule has 0 aromatic rings. The molecule has 3 unspecified atom stereocenters. The van der Waals surface area contributed by atoms with Gasteiger partial charge in [-0.15, -0.1) is 0 Å². The van der Waals surface area contributed by atoms with Crippen LogP contribution < -0.4 is 10.6 Å². The third-order valence-corrected chi connectivity index (χ3v) is 3.54. The monoisotopic (exact) mass is 271 g/mol. The van der Waals surface area contributed by atoms with E-state index in [1.807, 2.05) is 11.8 Å². The average molecular weight is 271 g/mol. The van der Waals surface area contributed by atoms with Gasteiger partial charge in [-0.05, 0) is 12.8 Å². The number of rotatable bonds is 3. The summed E-state index contributed by atoms with van der Waals surface area (Å²) in [6.07, 6.45) is 0. The SMILES string of the molecule is CNC(=O)NC(=O)C(C)N1CC(C)C(C(=O)OC)C1. The molecule has 1 saturated heterocycles. The molecule has 0 radical (unpaired) electrons. The van der Waals surface area contributed by atoms with Gasteiger partial charge < -0.3 is 10.1 Å². The van der Waals surface area contributed by atoms with Crippen LogP contribution in [-0.4, -0.2) is 56.1 Å². The highest BCUT2D eigenvalue weighted by atomic mass is 16.5. The molecule has 0 bridgehead atoms. The summed E-state index contributed by atoms with van der Waals surface area (Å²) < 4.78 is 4.74. The van der Waals surface area contributed by atoms with Gasteiger partial charge >= 0.3 is 12.0 Å². The number of nitrogens with one attached hydrogen (secondary N) is 2. The van der Waals surface area contributed by atoms with Crippen molar-refractivity contribution in [2.75, 3.05) is 27.2 Å². The molecule has 1 rings (SSSR count). The van der Waals surface area contributed by atoms with Crippen molar-refractivity contribution >= 4 is 17.9 Å². The summed E-state index contributed by atoms with van der Waals surface area (Å²) >= 11 is 0. The lowest BCUT2D eigenvalue weighted by molar-refractivity contribution is -0.146. The predicted octanol–water partition coefficient (Wildman–Crippen LogP) is -0.429. The first-order valence-corrected chi connectivity index (χ1v) is 6.25. The van der Waals surface area contributed by atoms with Crippen LogP contribution in [0.15, 0.2) is 0 Å². The van der Waals surface area contributed by atoms with E-state index in [2.05, 4.69) is 10.6 Å². The van der Waals surface area contributed by atoms with Crippen molar-refractivity contribution in [3.05, 3.63) is 0 Å². The van der Waals surface area contributed by atoms with Gasteiger partial charge in [0.05, 0.1) is 19.1 Å². The number of methoxy groups -OCH3 is 1. The van der Waals surface area contributed by atoms with Gasteiger partial charge in [0.1, 0.15) is 0 Å². The van der Waals surface area contributed by atoms with Crippen molar-refractivity contribution < 1.29 is 19.1 Å². The summed E-state index contributed by atoms with van der Waals surface area (Å²) in [6.45, 7) is 4.76. The van der Waals surface area contributed by atoms with Gasteiger partial charge in [-0.2, -0.15) is 0 Å². The van der Waals surface area contributed by atoms with Crippen LogP contribution in [0.4, 0.5) is 4.79 Å². The Kier molecular flexibility index (Phi) is 5.29. The Morgan fingerprint density at radius 1 is 1.32 bits per heavy atom. The molecular weight excluding hydrogens is 250 g/mol. The number of urea groups is 1. The molecule has 2 N–H and O–H groups in total. The first kappa shape index (κ1) is 15.4. The van der Waals surface area contributed by atoms with E-state index in [0.717, 1.165) is 0 Å². The predicted molar refractivity (Wildman–Crippen MR) is 68.3 cm³/mol. The number of hydrogen-bond acceptors (Lipinski definition) is 5. The molecule has 1 heterocycles. The Labute approximate surface area is 112 Å². The summed E-state index contributed by atoms with van der Waals surface area (Å²) in [5, 5.41) is 4.56. The fraction of sp³-hybridized carbons (Fsp3) is 0.750. The van der Waals surface area contributed by atoms with Crippen LogP contribution in [0, 0.1) is 11.8 Å². The van der Waals surface area contributed by atoms with Gasteiger partial charge in [0.15, 0.2) is 0 Å². The number of nitrogens with zero attached hydrogens (tertiary/aromatic N) is 1. The second-order valence-electron chi connectivity index (χ2n) is 4.81. The Morgan fingerprint density at radius 2 is 1.95 bits per heavy atom. The molecule has 108 valence electrons. The number of imide groups is 1. The molecule has 7 nitrogen and oxygen atoms in total. The van der Waals surface area contributed by atoms with Crippen molar-refractivity contribution in [1.29, 1.82) is 0 Å². The molecule has 3 amide bonds. The molecule has 0 aromatic carbocycles. The largest absolute Gasteiger partial charge is 0.469 e. The maximum atomic E-state index is 11.8. The minimum atomic E-state index is -0.534. The Balaban J connectivity index is 2.60. The highest BCUT2D eigenvalue weighted by molar-refractivity contribution is 5.96. The van der Waals surface area contributed by atoms with Crippen LogP contribution >= 0.6 is 0 Å². The van der Waals surface area contributed by atoms with E-state index in [0.29, 0.717) is 13.1 Å². The maximum absolute atomic E-state index is 11.8. The number of hydrogen-bond donors (Lipinski definition) is 2. The average Bonchev–Trinajstić information content (AvgIpc) is 2.78. The van der Waals surface area contributed by atoms with E-state index in [4.69, 9.17) is 4.74 Å². The van der Waals surface area contributed by atoms with E-state index < -0.39 is 12.1 Å². The highest BCUT2D eigenvalue weighted by Gasteiger charge is 2.39. The van der Waals surface area contributed by atoms with E-state index in [1.54, 1.807) is 6.92 Å². The minimum Gasteiger partial charge on any atom is -0.469 e. The fourth-order valence-electron chi connectivity index (χ4n) is 2.22. The van der Waals surface area contributed by atoms with Crippen molar-refractivity contribution in [2.45, 2.75) is 19.9 Å². The summed E-state index contributed by atoms with van der Waals surface area (Å²) in [4.78, 5) is 36.4. The molecular formula is C12H21N3O4. The van der Waals surface area contributed by atoms with E-state index in [9.17, 15) is 14.4 Å². The Morgan fingerprint density at radius 3 is 2.47 bits per heavy atom. The fourth-order valence-corrected chi connectivity index (χ4v) is 2.22. The zero-order valence-corrected chi connectivity index (χ0v) is 11.7. The number of ether oxygens (including phenoxy) is 1. The van der Waals surface area contributed by atoms with E-state index >= 15 is 0 Å². The molecule has 19 heavy (non-hydrogen) atoms. The number of likely N-dealkylation sites (tertiary alicyclic amines) is 1. The molecule has 0 aliphatic carbocycles. The topological polar surface area (TPSA) is 87.7 Å². The second-order valence-corrected chi connectivity index (χ2v) is 4.81. The van der Waals surface area contributed by atoms with Crippen LogP contribution in [-0.2, 0) is 14.3 Å². The Bertz CT molecular complexity index is 372. The lowest BCUT2D eigenvalue weighted by Gasteiger charge is -2.22. The van der Waals surface area contributed by atoms with Crippen molar-refractivity contribution in [3.8, 4) is 0 Å². The summed E-state index contributed by atoms with van der Waals surface area (Å²) in [7, 11) is 2.80. The third-order valence-electron chi connectivity index (χ3n) is 3.54. The minimum absolute atomic E-state index is 0.128. The van der Waals surface area contributed by atoms with Crippen molar-refractivity contribution in [2.24, 2.45) is 11.8 Å². The van der Waals surface area contributed by atoms with E-state index in [1.165, 1.54) is 14.2 Å². The van der Waals surface area contributed by atoms with Crippen molar-refractivity contribution in [1.82, 2.24) is 15.5 Å². The lowest BCUT2D eigenvalue weighted by atomic mass is 9.99. The van der Waals surface area contributed by atoms with Crippen LogP contribution in [0.5, 0.6) is 0 Å². The zero-order valence-electron chi connectivity index (χ0n) is 11.7. The molecule has 1 aliphatic rings. The number of carbonyl (C=O) groups is 3. The van der Waals surface area contributed by atoms with Crippen molar-refractivity contribution in [3.63, 3.8) is 0 Å². The van der Waals surface area contributed by atoms with Crippen LogP contribution in [0.1, 0.15) is 13.8 Å². The smallest absolute Gasteiger partial charge is 0.321 e. The first-order valence-electron chi connectivity index (χ1n) is 6.25. The number of esters is 1. The zero-order chi connectivity index (χ0) is 14.6. The quantitative estimate of drug-likeness (QED) is 0.680. The summed E-state index contributed by atoms with van der Waals surface area (Å²) in [5.41, 5.74) is 0. The molecule has 0 saturated carbocycles.